The van der Waals surface area contributed by atoms with Crippen molar-refractivity contribution in [1.82, 2.24) is 19.4 Å². The third-order valence-electron chi connectivity index (χ3n) is 5.14. The van der Waals surface area contributed by atoms with Crippen molar-refractivity contribution in [3.63, 3.8) is 0 Å². The molecule has 0 fully saturated rings. The Balaban J connectivity index is 1.72. The molecule has 8 nitrogen and oxygen atoms in total. The van der Waals surface area contributed by atoms with Gasteiger partial charge in [-0.2, -0.15) is 0 Å². The second kappa shape index (κ2) is 9.74. The van der Waals surface area contributed by atoms with Crippen LogP contribution in [0.3, 0.4) is 0 Å². The molecule has 4 rings (SSSR count). The number of aromatic nitrogens is 3. The number of carbonyl (C=O) groups is 2. The Labute approximate surface area is 204 Å². The predicted octanol–water partition coefficient (Wildman–Crippen LogP) is 3.74. The number of aryl methyl sites for hydroxylation is 2. The molecule has 0 aliphatic heterocycles. The number of nitrogens with one attached hydrogen (secondary N) is 1. The van der Waals surface area contributed by atoms with Gasteiger partial charge in [0.1, 0.15) is 11.4 Å². The van der Waals surface area contributed by atoms with Gasteiger partial charge >= 0.3 is 0 Å². The maximum Gasteiger partial charge on any atom is 0.274 e. The van der Waals surface area contributed by atoms with Crippen LogP contribution in [0.15, 0.2) is 64.7 Å². The van der Waals surface area contributed by atoms with Gasteiger partial charge < -0.3 is 9.30 Å². The second-order valence-corrected chi connectivity index (χ2v) is 8.92. The monoisotopic (exact) mass is 496 g/mol. The number of hydrogen-bond donors (Lipinski definition) is 1. The number of ether oxygens (including phenoxy) is 1. The molecule has 0 atom stereocenters. The summed E-state index contributed by atoms with van der Waals surface area (Å²) in [5, 5.41) is 3.45. The van der Waals surface area contributed by atoms with E-state index in [0.29, 0.717) is 33.1 Å². The van der Waals surface area contributed by atoms with Crippen LogP contribution in [0.5, 0.6) is 5.75 Å². The SMILES string of the molecule is COc1ccc(C)cc1-n1c(SCC(=O)NC(=O)c2cccn2C)nc2cc(Cl)ccc2c1=O. The molecule has 174 valence electrons. The summed E-state index contributed by atoms with van der Waals surface area (Å²) in [7, 11) is 3.23. The summed E-state index contributed by atoms with van der Waals surface area (Å²) < 4.78 is 8.52. The average Bonchev–Trinajstić information content (AvgIpc) is 3.23. The maximum atomic E-state index is 13.5. The Kier molecular flexibility index (Phi) is 6.76. The van der Waals surface area contributed by atoms with Crippen LogP contribution in [-0.4, -0.2) is 38.8 Å². The fourth-order valence-electron chi connectivity index (χ4n) is 3.48. The lowest BCUT2D eigenvalue weighted by atomic mass is 10.2. The quantitative estimate of drug-likeness (QED) is 0.323. The number of methoxy groups -OCH3 is 1. The van der Waals surface area contributed by atoms with Gasteiger partial charge in [-0.1, -0.05) is 29.4 Å². The first-order valence-corrected chi connectivity index (χ1v) is 11.6. The van der Waals surface area contributed by atoms with Crippen molar-refractivity contribution in [2.75, 3.05) is 12.9 Å². The summed E-state index contributed by atoms with van der Waals surface area (Å²) in [4.78, 5) is 43.0. The van der Waals surface area contributed by atoms with Crippen molar-refractivity contribution in [3.05, 3.63) is 81.4 Å². The van der Waals surface area contributed by atoms with Gasteiger partial charge in [-0.3, -0.25) is 24.3 Å². The molecule has 2 amide bonds. The molecule has 1 N–H and O–H groups in total. The molecule has 2 aromatic heterocycles. The Bertz CT molecular complexity index is 1480. The number of fused-ring (bicyclic) bond motifs is 1. The Morgan fingerprint density at radius 1 is 1.18 bits per heavy atom. The first-order chi connectivity index (χ1) is 16.3. The fourth-order valence-corrected chi connectivity index (χ4v) is 4.45. The number of rotatable bonds is 6. The number of benzene rings is 2. The second-order valence-electron chi connectivity index (χ2n) is 7.54. The number of halogens is 1. The lowest BCUT2D eigenvalue weighted by Crippen LogP contribution is -2.33. The van der Waals surface area contributed by atoms with Crippen molar-refractivity contribution in [1.29, 1.82) is 0 Å². The number of imide groups is 1. The van der Waals surface area contributed by atoms with Crippen LogP contribution in [0, 0.1) is 6.92 Å². The number of nitrogens with zero attached hydrogens (tertiary/aromatic N) is 3. The highest BCUT2D eigenvalue weighted by Gasteiger charge is 2.19. The van der Waals surface area contributed by atoms with Crippen LogP contribution in [-0.2, 0) is 11.8 Å². The fraction of sp³-hybridized carbons (Fsp3) is 0.167. The molecule has 0 aliphatic carbocycles. The van der Waals surface area contributed by atoms with E-state index in [-0.39, 0.29) is 16.5 Å². The molecule has 10 heteroatoms. The predicted molar refractivity (Wildman–Crippen MR) is 132 cm³/mol. The molecular formula is C24H21ClN4O4S. The van der Waals surface area contributed by atoms with Gasteiger partial charge in [0.15, 0.2) is 5.16 Å². The topological polar surface area (TPSA) is 95.2 Å². The molecule has 0 spiro atoms. The van der Waals surface area contributed by atoms with E-state index in [1.807, 2.05) is 19.1 Å². The van der Waals surface area contributed by atoms with E-state index in [2.05, 4.69) is 10.3 Å². The van der Waals surface area contributed by atoms with Crippen molar-refractivity contribution < 1.29 is 14.3 Å². The van der Waals surface area contributed by atoms with Crippen molar-refractivity contribution in [2.24, 2.45) is 7.05 Å². The van der Waals surface area contributed by atoms with Gasteiger partial charge in [-0.05, 0) is 55.0 Å². The highest BCUT2D eigenvalue weighted by Crippen LogP contribution is 2.28. The Hall–Kier alpha value is -3.56. The molecular weight excluding hydrogens is 476 g/mol. The van der Waals surface area contributed by atoms with E-state index in [9.17, 15) is 14.4 Å². The van der Waals surface area contributed by atoms with Crippen molar-refractivity contribution >= 4 is 46.1 Å². The lowest BCUT2D eigenvalue weighted by Gasteiger charge is -2.16. The van der Waals surface area contributed by atoms with Crippen LogP contribution in [0.2, 0.25) is 5.02 Å². The molecule has 0 bridgehead atoms. The van der Waals surface area contributed by atoms with Gasteiger partial charge in [0.05, 0.1) is 29.5 Å². The van der Waals surface area contributed by atoms with E-state index >= 15 is 0 Å². The lowest BCUT2D eigenvalue weighted by molar-refractivity contribution is -0.117. The normalized spacial score (nSPS) is 10.9. The minimum absolute atomic E-state index is 0.136. The average molecular weight is 497 g/mol. The summed E-state index contributed by atoms with van der Waals surface area (Å²) in [5.41, 5.74) is 1.86. The van der Waals surface area contributed by atoms with Crippen LogP contribution in [0.4, 0.5) is 0 Å². The first kappa shape index (κ1) is 23.6. The standard InChI is InChI=1S/C24H21ClN4O4S/c1-14-6-9-20(33-3)19(11-14)29-23(32)16-8-7-15(25)12-17(16)26-24(29)34-13-21(30)27-22(31)18-5-4-10-28(18)2/h4-12H,13H2,1-3H3,(H,27,30,31). The summed E-state index contributed by atoms with van der Waals surface area (Å²) in [5.74, 6) is -0.676. The minimum atomic E-state index is -0.514. The number of thioether (sulfide) groups is 1. The third-order valence-corrected chi connectivity index (χ3v) is 6.31. The highest BCUT2D eigenvalue weighted by molar-refractivity contribution is 7.99. The zero-order valence-electron chi connectivity index (χ0n) is 18.7. The molecule has 0 radical (unpaired) electrons. The van der Waals surface area contributed by atoms with Gasteiger partial charge in [-0.15, -0.1) is 0 Å². The molecule has 0 aliphatic rings. The van der Waals surface area contributed by atoms with Crippen LogP contribution in [0.1, 0.15) is 16.1 Å². The van der Waals surface area contributed by atoms with Crippen molar-refractivity contribution in [2.45, 2.75) is 12.1 Å². The van der Waals surface area contributed by atoms with E-state index in [1.54, 1.807) is 54.2 Å². The van der Waals surface area contributed by atoms with Crippen LogP contribution >= 0.6 is 23.4 Å². The molecule has 0 unspecified atom stereocenters. The highest BCUT2D eigenvalue weighted by atomic mass is 35.5. The molecule has 0 saturated carbocycles. The number of hydrogen-bond acceptors (Lipinski definition) is 6. The first-order valence-electron chi connectivity index (χ1n) is 10.2. The van der Waals surface area contributed by atoms with Crippen LogP contribution in [0.25, 0.3) is 16.6 Å². The van der Waals surface area contributed by atoms with Gasteiger partial charge in [-0.25, -0.2) is 4.98 Å². The van der Waals surface area contributed by atoms with E-state index in [4.69, 9.17) is 16.3 Å². The van der Waals surface area contributed by atoms with E-state index < -0.39 is 11.8 Å². The van der Waals surface area contributed by atoms with Crippen LogP contribution < -0.4 is 15.6 Å². The molecule has 2 aromatic carbocycles. The summed E-state index contributed by atoms with van der Waals surface area (Å²) in [6, 6.07) is 13.6. The number of amides is 2. The Morgan fingerprint density at radius 2 is 1.97 bits per heavy atom. The number of carbonyl (C=O) groups excluding carboxylic acids is 2. The summed E-state index contributed by atoms with van der Waals surface area (Å²) >= 11 is 7.15. The smallest absolute Gasteiger partial charge is 0.274 e. The van der Waals surface area contributed by atoms with Crippen molar-refractivity contribution in [3.8, 4) is 11.4 Å². The van der Waals surface area contributed by atoms with E-state index in [1.165, 1.54) is 11.7 Å². The van der Waals surface area contributed by atoms with Gasteiger partial charge in [0.2, 0.25) is 5.91 Å². The molecule has 4 aromatic rings. The largest absolute Gasteiger partial charge is 0.495 e. The molecule has 2 heterocycles. The summed E-state index contributed by atoms with van der Waals surface area (Å²) in [6.45, 7) is 1.90. The maximum absolute atomic E-state index is 13.5. The summed E-state index contributed by atoms with van der Waals surface area (Å²) in [6.07, 6.45) is 1.71. The van der Waals surface area contributed by atoms with E-state index in [0.717, 1.165) is 17.3 Å². The zero-order valence-corrected chi connectivity index (χ0v) is 20.2. The van der Waals surface area contributed by atoms with Gasteiger partial charge in [0, 0.05) is 18.3 Å². The van der Waals surface area contributed by atoms with Gasteiger partial charge in [0.25, 0.3) is 11.5 Å². The zero-order chi connectivity index (χ0) is 24.4. The minimum Gasteiger partial charge on any atom is -0.495 e. The third kappa shape index (κ3) is 4.71. The molecule has 0 saturated heterocycles. The molecule has 34 heavy (non-hydrogen) atoms. The Morgan fingerprint density at radius 3 is 2.68 bits per heavy atom.